The summed E-state index contributed by atoms with van der Waals surface area (Å²) in [5, 5.41) is 0. The molecule has 4 aliphatic rings. The van der Waals surface area contributed by atoms with Crippen LogP contribution in [0.15, 0.2) is 30.4 Å². The van der Waals surface area contributed by atoms with Crippen LogP contribution in [0, 0.1) is 11.8 Å². The van der Waals surface area contributed by atoms with Gasteiger partial charge in [-0.05, 0) is 25.1 Å². The standard InChI is InChI=1S/C21H19NO9/c1-10(23)29-19(30-11(2)24)21-7-6-20(3,31-21)15-16(21)18(26)22(17(15)25)12-4-5-13-14(8-12)28-9-27-13/h4-8,15-16,19H,9H2,1-3H3/t15-,16-,20-,21-/m1/s1. The molecule has 0 aromatic heterocycles. The summed E-state index contributed by atoms with van der Waals surface area (Å²) < 4.78 is 27.2. The van der Waals surface area contributed by atoms with Gasteiger partial charge in [0.15, 0.2) is 17.1 Å². The molecule has 2 amide bonds. The van der Waals surface area contributed by atoms with Crippen molar-refractivity contribution in [1.29, 1.82) is 0 Å². The summed E-state index contributed by atoms with van der Waals surface area (Å²) in [6, 6.07) is 4.76. The normalized spacial score (nSPS) is 32.1. The number of ether oxygens (including phenoxy) is 5. The molecular weight excluding hydrogens is 410 g/mol. The molecule has 4 aliphatic heterocycles. The molecular formula is C21H19NO9. The molecule has 162 valence electrons. The lowest BCUT2D eigenvalue weighted by atomic mass is 9.72. The number of esters is 2. The first-order valence-electron chi connectivity index (χ1n) is 9.69. The van der Waals surface area contributed by atoms with Gasteiger partial charge < -0.3 is 23.7 Å². The molecule has 10 nitrogen and oxygen atoms in total. The molecule has 4 heterocycles. The second-order valence-electron chi connectivity index (χ2n) is 8.03. The highest BCUT2D eigenvalue weighted by Crippen LogP contribution is 2.59. The number of amides is 2. The van der Waals surface area contributed by atoms with Crippen molar-refractivity contribution in [2.45, 2.75) is 38.3 Å². The third-order valence-electron chi connectivity index (χ3n) is 6.01. The topological polar surface area (TPSA) is 118 Å². The van der Waals surface area contributed by atoms with Gasteiger partial charge in [-0.2, -0.15) is 0 Å². The Hall–Kier alpha value is -3.40. The van der Waals surface area contributed by atoms with Gasteiger partial charge in [0.2, 0.25) is 18.6 Å². The number of carbonyl (C=O) groups is 4. The first-order chi connectivity index (χ1) is 14.7. The number of fused-ring (bicyclic) bond motifs is 6. The van der Waals surface area contributed by atoms with Crippen molar-refractivity contribution < 1.29 is 42.9 Å². The van der Waals surface area contributed by atoms with E-state index >= 15 is 0 Å². The fourth-order valence-corrected chi connectivity index (χ4v) is 4.84. The lowest BCUT2D eigenvalue weighted by molar-refractivity contribution is -0.231. The van der Waals surface area contributed by atoms with Crippen LogP contribution < -0.4 is 14.4 Å². The van der Waals surface area contributed by atoms with Crippen molar-refractivity contribution in [3.8, 4) is 11.5 Å². The third-order valence-corrected chi connectivity index (χ3v) is 6.01. The van der Waals surface area contributed by atoms with E-state index in [-0.39, 0.29) is 6.79 Å². The average Bonchev–Trinajstić information content (AvgIpc) is 3.40. The summed E-state index contributed by atoms with van der Waals surface area (Å²) in [6.07, 6.45) is 1.66. The van der Waals surface area contributed by atoms with Crippen LogP contribution in [0.3, 0.4) is 0 Å². The molecule has 0 radical (unpaired) electrons. The Morgan fingerprint density at radius 3 is 2.35 bits per heavy atom. The van der Waals surface area contributed by atoms with E-state index in [1.54, 1.807) is 37.3 Å². The van der Waals surface area contributed by atoms with Gasteiger partial charge in [0.25, 0.3) is 6.29 Å². The highest BCUT2D eigenvalue weighted by atomic mass is 16.7. The monoisotopic (exact) mass is 429 g/mol. The van der Waals surface area contributed by atoms with E-state index in [0.717, 1.165) is 18.7 Å². The number of rotatable bonds is 4. The summed E-state index contributed by atoms with van der Waals surface area (Å²) >= 11 is 0. The Bertz CT molecular complexity index is 1050. The average molecular weight is 429 g/mol. The summed E-state index contributed by atoms with van der Waals surface area (Å²) in [4.78, 5) is 51.4. The molecule has 2 saturated heterocycles. The molecule has 31 heavy (non-hydrogen) atoms. The van der Waals surface area contributed by atoms with Crippen LogP contribution in [-0.2, 0) is 33.4 Å². The summed E-state index contributed by atoms with van der Waals surface area (Å²) in [5.41, 5.74) is -2.43. The van der Waals surface area contributed by atoms with E-state index in [9.17, 15) is 19.2 Å². The smallest absolute Gasteiger partial charge is 0.305 e. The van der Waals surface area contributed by atoms with Gasteiger partial charge in [-0.25, -0.2) is 4.90 Å². The Morgan fingerprint density at radius 2 is 1.68 bits per heavy atom. The van der Waals surface area contributed by atoms with Crippen molar-refractivity contribution in [2.24, 2.45) is 11.8 Å². The van der Waals surface area contributed by atoms with E-state index in [1.807, 2.05) is 0 Å². The zero-order valence-corrected chi connectivity index (χ0v) is 16.9. The van der Waals surface area contributed by atoms with E-state index in [1.165, 1.54) is 0 Å². The molecule has 1 aromatic carbocycles. The first-order valence-corrected chi connectivity index (χ1v) is 9.69. The van der Waals surface area contributed by atoms with Crippen LogP contribution >= 0.6 is 0 Å². The maximum absolute atomic E-state index is 13.5. The second-order valence-corrected chi connectivity index (χ2v) is 8.03. The quantitative estimate of drug-likeness (QED) is 0.300. The fourth-order valence-electron chi connectivity index (χ4n) is 4.84. The SMILES string of the molecule is CC(=O)OC(OC(C)=O)[C@]12C=C[C@@](C)(O1)[C@H]1C(=O)N(c3ccc4c(c3)OCO4)C(=O)[C@@H]12. The highest BCUT2D eigenvalue weighted by molar-refractivity contribution is 6.23. The van der Waals surface area contributed by atoms with Crippen LogP contribution in [0.1, 0.15) is 20.8 Å². The van der Waals surface area contributed by atoms with Crippen LogP contribution in [-0.4, -0.2) is 48.0 Å². The molecule has 5 rings (SSSR count). The van der Waals surface area contributed by atoms with Crippen molar-refractivity contribution in [2.75, 3.05) is 11.7 Å². The second kappa shape index (κ2) is 6.30. The lowest BCUT2D eigenvalue weighted by Gasteiger charge is -2.34. The molecule has 1 aromatic rings. The predicted octanol–water partition coefficient (Wildman–Crippen LogP) is 1.07. The number of anilines is 1. The van der Waals surface area contributed by atoms with Gasteiger partial charge in [0, 0.05) is 19.9 Å². The largest absolute Gasteiger partial charge is 0.454 e. The van der Waals surface area contributed by atoms with E-state index in [4.69, 9.17) is 23.7 Å². The Labute approximate surface area is 176 Å². The van der Waals surface area contributed by atoms with E-state index in [0.29, 0.717) is 17.2 Å². The van der Waals surface area contributed by atoms with Crippen molar-refractivity contribution in [3.05, 3.63) is 30.4 Å². The van der Waals surface area contributed by atoms with Crippen molar-refractivity contribution in [3.63, 3.8) is 0 Å². The minimum absolute atomic E-state index is 0.0529. The van der Waals surface area contributed by atoms with Gasteiger partial charge in [-0.15, -0.1) is 0 Å². The van der Waals surface area contributed by atoms with Gasteiger partial charge in [-0.3, -0.25) is 19.2 Å². The minimum atomic E-state index is -1.62. The van der Waals surface area contributed by atoms with Gasteiger partial charge in [0.05, 0.1) is 23.1 Å². The number of nitrogens with zero attached hydrogens (tertiary/aromatic N) is 1. The Morgan fingerprint density at radius 1 is 1.03 bits per heavy atom. The molecule has 4 atom stereocenters. The zero-order chi connectivity index (χ0) is 22.1. The lowest BCUT2D eigenvalue weighted by Crippen LogP contribution is -2.52. The van der Waals surface area contributed by atoms with Crippen LogP contribution in [0.25, 0.3) is 0 Å². The minimum Gasteiger partial charge on any atom is -0.454 e. The Balaban J connectivity index is 1.57. The predicted molar refractivity (Wildman–Crippen MR) is 101 cm³/mol. The number of hydrogen-bond acceptors (Lipinski definition) is 9. The Kier molecular flexibility index (Phi) is 3.97. The summed E-state index contributed by atoms with van der Waals surface area (Å²) in [5.74, 6) is -3.46. The van der Waals surface area contributed by atoms with Crippen molar-refractivity contribution >= 4 is 29.4 Å². The molecule has 0 spiro atoms. The molecule has 0 aliphatic carbocycles. The number of hydrogen-bond donors (Lipinski definition) is 0. The molecule has 0 saturated carbocycles. The van der Waals surface area contributed by atoms with E-state index < -0.39 is 53.1 Å². The summed E-state index contributed by atoms with van der Waals surface area (Å²) in [6.45, 7) is 4.02. The van der Waals surface area contributed by atoms with Crippen LogP contribution in [0.2, 0.25) is 0 Å². The molecule has 0 unspecified atom stereocenters. The highest BCUT2D eigenvalue weighted by Gasteiger charge is 2.76. The number of carbonyl (C=O) groups excluding carboxylic acids is 4. The fraction of sp³-hybridized carbons (Fsp3) is 0.429. The molecule has 0 N–H and O–H groups in total. The van der Waals surface area contributed by atoms with Gasteiger partial charge in [-0.1, -0.05) is 6.08 Å². The molecule has 2 bridgehead atoms. The molecule has 10 heteroatoms. The van der Waals surface area contributed by atoms with Crippen LogP contribution in [0.5, 0.6) is 11.5 Å². The molecule has 2 fully saturated rings. The van der Waals surface area contributed by atoms with Crippen molar-refractivity contribution in [1.82, 2.24) is 0 Å². The first kappa shape index (κ1) is 19.6. The number of benzene rings is 1. The summed E-state index contributed by atoms with van der Waals surface area (Å²) in [7, 11) is 0. The van der Waals surface area contributed by atoms with Crippen LogP contribution in [0.4, 0.5) is 5.69 Å². The third kappa shape index (κ3) is 2.61. The van der Waals surface area contributed by atoms with E-state index in [2.05, 4.69) is 0 Å². The van der Waals surface area contributed by atoms with Gasteiger partial charge in [0.1, 0.15) is 0 Å². The number of imide groups is 1. The maximum Gasteiger partial charge on any atom is 0.305 e. The zero-order valence-electron chi connectivity index (χ0n) is 16.9. The maximum atomic E-state index is 13.5. The van der Waals surface area contributed by atoms with Gasteiger partial charge >= 0.3 is 11.9 Å².